The molecule has 1 saturated heterocycles. The van der Waals surface area contributed by atoms with Gasteiger partial charge in [-0.25, -0.2) is 0 Å². The van der Waals surface area contributed by atoms with Crippen LogP contribution in [0.25, 0.3) is 10.9 Å². The normalized spacial score (nSPS) is 23.6. The molecule has 2 heterocycles. The number of rotatable bonds is 7. The first-order chi connectivity index (χ1) is 18.2. The van der Waals surface area contributed by atoms with Crippen molar-refractivity contribution in [3.63, 3.8) is 0 Å². The third-order valence-corrected chi connectivity index (χ3v) is 9.07. The van der Waals surface area contributed by atoms with Gasteiger partial charge in [0.1, 0.15) is 29.3 Å². The van der Waals surface area contributed by atoms with Crippen molar-refractivity contribution < 1.29 is 23.9 Å². The minimum absolute atomic E-state index is 0.109. The lowest BCUT2D eigenvalue weighted by Crippen LogP contribution is -2.53. The maximum Gasteiger partial charge on any atom is 0.271 e. The van der Waals surface area contributed by atoms with E-state index in [9.17, 15) is 19.2 Å². The number of nitrogens with zero attached hydrogens (tertiary/aromatic N) is 1. The van der Waals surface area contributed by atoms with Crippen LogP contribution in [0.15, 0.2) is 18.2 Å². The third kappa shape index (κ3) is 5.00. The fourth-order valence-electron chi connectivity index (χ4n) is 6.71. The fourth-order valence-corrected chi connectivity index (χ4v) is 6.92. The van der Waals surface area contributed by atoms with Crippen LogP contribution in [0.2, 0.25) is 5.02 Å². The molecule has 1 spiro atoms. The Morgan fingerprint density at radius 2 is 2.00 bits per heavy atom. The van der Waals surface area contributed by atoms with Gasteiger partial charge in [-0.3, -0.25) is 19.2 Å². The molecule has 3 atom stereocenters. The van der Waals surface area contributed by atoms with Crippen LogP contribution in [-0.2, 0) is 14.4 Å². The molecule has 2 aliphatic carbocycles. The molecule has 9 nitrogen and oxygen atoms in total. The Bertz CT molecular complexity index is 1270. The fraction of sp³-hybridized carbons (Fsp3) is 0.571. The van der Waals surface area contributed by atoms with Gasteiger partial charge >= 0.3 is 0 Å². The number of nitrogens with two attached hydrogens (primary N) is 1. The minimum atomic E-state index is -0.953. The Balaban J connectivity index is 1.42. The minimum Gasteiger partial charge on any atom is -0.496 e. The smallest absolute Gasteiger partial charge is 0.271 e. The van der Waals surface area contributed by atoms with Crippen molar-refractivity contribution in [2.75, 3.05) is 13.7 Å². The van der Waals surface area contributed by atoms with Crippen LogP contribution in [0.3, 0.4) is 0 Å². The van der Waals surface area contributed by atoms with Gasteiger partial charge in [-0.15, -0.1) is 0 Å². The number of aromatic amines is 1. The Morgan fingerprint density at radius 3 is 2.66 bits per heavy atom. The van der Waals surface area contributed by atoms with E-state index >= 15 is 0 Å². The third-order valence-electron chi connectivity index (χ3n) is 8.75. The number of fused-ring (bicyclic) bond motifs is 1. The van der Waals surface area contributed by atoms with E-state index in [2.05, 4.69) is 10.3 Å². The van der Waals surface area contributed by atoms with Crippen molar-refractivity contribution in [3.05, 3.63) is 28.9 Å². The van der Waals surface area contributed by atoms with E-state index in [0.29, 0.717) is 53.2 Å². The highest BCUT2D eigenvalue weighted by Crippen LogP contribution is 2.47. The summed E-state index contributed by atoms with van der Waals surface area (Å²) in [5, 5.41) is 3.96. The summed E-state index contributed by atoms with van der Waals surface area (Å²) < 4.78 is 5.44. The number of ether oxygens (including phenoxy) is 1. The maximum absolute atomic E-state index is 13.9. The molecule has 4 N–H and O–H groups in total. The summed E-state index contributed by atoms with van der Waals surface area (Å²) in [7, 11) is 1.55. The highest BCUT2D eigenvalue weighted by atomic mass is 35.5. The van der Waals surface area contributed by atoms with E-state index in [4.69, 9.17) is 22.1 Å². The number of amides is 3. The zero-order valence-corrected chi connectivity index (χ0v) is 22.4. The number of carbonyl (C=O) groups excluding carboxylic acids is 4. The van der Waals surface area contributed by atoms with Crippen molar-refractivity contribution >= 4 is 46.0 Å². The second kappa shape index (κ2) is 10.6. The number of hydrogen-bond acceptors (Lipinski definition) is 5. The standard InChI is InChI=1S/C28H35ClN4O5/c1-38-23-9-8-18(29)24-17(23)13-20(31-24)27(37)33-15-28(10-3-2-4-11-28)14-21(33)26(36)32-19(25(30)35)12-16-6-5-7-22(16)34/h8-9,13,16,19,21,31H,2-7,10-12,14-15H2,1H3,(H2,30,35)(H,32,36)/t16-,19-,21?/m0/s1. The first kappa shape index (κ1) is 26.5. The number of halogens is 1. The Labute approximate surface area is 226 Å². The monoisotopic (exact) mass is 542 g/mol. The molecule has 204 valence electrons. The van der Waals surface area contributed by atoms with Gasteiger partial charge in [-0.1, -0.05) is 30.9 Å². The average Bonchev–Trinajstić information content (AvgIpc) is 3.62. The number of nitrogens with one attached hydrogen (secondary N) is 2. The van der Waals surface area contributed by atoms with Crippen molar-refractivity contribution in [1.29, 1.82) is 0 Å². The number of hydrogen-bond donors (Lipinski definition) is 3. The molecule has 1 aromatic heterocycles. The highest BCUT2D eigenvalue weighted by Gasteiger charge is 2.49. The topological polar surface area (TPSA) is 135 Å². The van der Waals surface area contributed by atoms with Crippen LogP contribution in [0.4, 0.5) is 0 Å². The van der Waals surface area contributed by atoms with Crippen LogP contribution in [-0.4, -0.2) is 59.1 Å². The Morgan fingerprint density at radius 1 is 1.24 bits per heavy atom. The van der Waals surface area contributed by atoms with E-state index < -0.39 is 23.9 Å². The number of Topliss-reactive ketones (excluding diaryl/α,β-unsaturated/α-hetero) is 1. The molecule has 1 aliphatic heterocycles. The van der Waals surface area contributed by atoms with E-state index in [1.165, 1.54) is 0 Å². The van der Waals surface area contributed by atoms with E-state index in [1.807, 2.05) is 0 Å². The molecular formula is C28H35ClN4O5. The van der Waals surface area contributed by atoms with Crippen LogP contribution in [0, 0.1) is 11.3 Å². The van der Waals surface area contributed by atoms with Crippen LogP contribution in [0.5, 0.6) is 5.75 Å². The van der Waals surface area contributed by atoms with Gasteiger partial charge in [0.2, 0.25) is 11.8 Å². The first-order valence-corrected chi connectivity index (χ1v) is 13.9. The van der Waals surface area contributed by atoms with Crippen molar-refractivity contribution in [2.45, 2.75) is 76.3 Å². The number of aromatic nitrogens is 1. The van der Waals surface area contributed by atoms with Gasteiger partial charge in [0.25, 0.3) is 5.91 Å². The lowest BCUT2D eigenvalue weighted by Gasteiger charge is -2.32. The summed E-state index contributed by atoms with van der Waals surface area (Å²) in [5.74, 6) is -0.948. The molecule has 3 aliphatic rings. The molecule has 3 fully saturated rings. The maximum atomic E-state index is 13.9. The van der Waals surface area contributed by atoms with E-state index in [-0.39, 0.29) is 29.4 Å². The summed E-state index contributed by atoms with van der Waals surface area (Å²) in [6.07, 6.45) is 7.87. The van der Waals surface area contributed by atoms with Crippen LogP contribution < -0.4 is 15.8 Å². The van der Waals surface area contributed by atoms with Crippen molar-refractivity contribution in [1.82, 2.24) is 15.2 Å². The largest absolute Gasteiger partial charge is 0.496 e. The summed E-state index contributed by atoms with van der Waals surface area (Å²) in [4.78, 5) is 56.8. The number of benzene rings is 1. The molecule has 2 saturated carbocycles. The lowest BCUT2D eigenvalue weighted by molar-refractivity contribution is -0.130. The molecule has 0 radical (unpaired) electrons. The van der Waals surface area contributed by atoms with Crippen LogP contribution >= 0.6 is 11.6 Å². The molecule has 1 aromatic carbocycles. The molecule has 1 unspecified atom stereocenters. The quantitative estimate of drug-likeness (QED) is 0.490. The van der Waals surface area contributed by atoms with E-state index in [1.54, 1.807) is 30.2 Å². The predicted octanol–water partition coefficient (Wildman–Crippen LogP) is 3.72. The number of H-pyrrole nitrogens is 1. The molecule has 2 aromatic rings. The van der Waals surface area contributed by atoms with Gasteiger partial charge in [0.05, 0.1) is 17.6 Å². The molecule has 3 amide bonds. The Hall–Kier alpha value is -3.07. The summed E-state index contributed by atoms with van der Waals surface area (Å²) >= 11 is 6.38. The lowest BCUT2D eigenvalue weighted by atomic mass is 9.72. The SMILES string of the molecule is COc1ccc(Cl)c2[nH]c(C(=O)N3CC4(CCCCC4)CC3C(=O)N[C@@H](C[C@@H]3CCCC3=O)C(N)=O)cc12. The zero-order valence-electron chi connectivity index (χ0n) is 21.7. The molecule has 0 bridgehead atoms. The second-order valence-electron chi connectivity index (χ2n) is 11.2. The molecule has 10 heteroatoms. The number of ketones is 1. The van der Waals surface area contributed by atoms with Gasteiger partial charge < -0.3 is 25.7 Å². The van der Waals surface area contributed by atoms with Gasteiger partial charge in [-0.2, -0.15) is 0 Å². The van der Waals surface area contributed by atoms with Crippen molar-refractivity contribution in [2.24, 2.45) is 17.1 Å². The Kier molecular flexibility index (Phi) is 7.40. The zero-order chi connectivity index (χ0) is 27.0. The number of likely N-dealkylation sites (tertiary alicyclic amines) is 1. The summed E-state index contributed by atoms with van der Waals surface area (Å²) in [6, 6.07) is 3.46. The van der Waals surface area contributed by atoms with Crippen molar-refractivity contribution in [3.8, 4) is 5.75 Å². The highest BCUT2D eigenvalue weighted by molar-refractivity contribution is 6.35. The van der Waals surface area contributed by atoms with Crippen LogP contribution in [0.1, 0.15) is 74.7 Å². The summed E-state index contributed by atoms with van der Waals surface area (Å²) in [6.45, 7) is 0.465. The number of methoxy groups -OCH3 is 1. The van der Waals surface area contributed by atoms with Gasteiger partial charge in [0, 0.05) is 24.3 Å². The van der Waals surface area contributed by atoms with Gasteiger partial charge in [0.15, 0.2) is 0 Å². The average molecular weight is 543 g/mol. The molecule has 5 rings (SSSR count). The first-order valence-electron chi connectivity index (χ1n) is 13.5. The summed E-state index contributed by atoms with van der Waals surface area (Å²) in [5.41, 5.74) is 6.41. The predicted molar refractivity (Wildman–Crippen MR) is 143 cm³/mol. The molecular weight excluding hydrogens is 508 g/mol. The second-order valence-corrected chi connectivity index (χ2v) is 11.6. The number of primary amides is 1. The number of carbonyl (C=O) groups is 4. The van der Waals surface area contributed by atoms with E-state index in [0.717, 1.165) is 38.5 Å². The van der Waals surface area contributed by atoms with Gasteiger partial charge in [-0.05, 0) is 62.1 Å². The molecule has 38 heavy (non-hydrogen) atoms.